The molecule has 438 valence electrons. The summed E-state index contributed by atoms with van der Waals surface area (Å²) >= 11 is 25.7. The molecule has 0 atom stereocenters. The highest BCUT2D eigenvalue weighted by Crippen LogP contribution is 2.49. The molecule has 13 heterocycles. The lowest BCUT2D eigenvalue weighted by Crippen LogP contribution is -1.89. The number of para-hydroxylation sites is 6. The normalized spacial score (nSPS) is 11.6. The second kappa shape index (κ2) is 24.6. The van der Waals surface area contributed by atoms with Crippen molar-refractivity contribution in [1.29, 1.82) is 0 Å². The topological polar surface area (TPSA) is 25.6 Å². The molecular weight excluding hydrogens is 1440 g/mol. The van der Waals surface area contributed by atoms with Crippen LogP contribution in [-0.4, -0.2) is 14.1 Å². The highest BCUT2D eigenvalue weighted by molar-refractivity contribution is 9.11. The van der Waals surface area contributed by atoms with E-state index in [1.165, 1.54) is 161 Å². The number of hydrogen-bond acceptors (Lipinski definition) is 10. The van der Waals surface area contributed by atoms with Crippen LogP contribution in [0.2, 0.25) is 0 Å². The van der Waals surface area contributed by atoms with Crippen molar-refractivity contribution in [3.8, 4) is 88.0 Å². The third-order valence-corrected chi connectivity index (χ3v) is 29.4. The van der Waals surface area contributed by atoms with Gasteiger partial charge in [-0.15, -0.1) is 113 Å². The number of hydrogen-bond donors (Lipinski definition) is 1. The van der Waals surface area contributed by atoms with Crippen molar-refractivity contribution in [1.82, 2.24) is 14.1 Å². The van der Waals surface area contributed by atoms with Gasteiger partial charge in [0, 0.05) is 121 Å². The summed E-state index contributed by atoms with van der Waals surface area (Å²) in [5.74, 6) is 0. The molecular formula is C76H45Br2N3S10. The van der Waals surface area contributed by atoms with Crippen LogP contribution in [0.1, 0.15) is 0 Å². The van der Waals surface area contributed by atoms with Crippen molar-refractivity contribution >= 4 is 211 Å². The Morgan fingerprint density at radius 1 is 0.198 bits per heavy atom. The van der Waals surface area contributed by atoms with Gasteiger partial charge in [0.1, 0.15) is 10.0 Å². The predicted octanol–water partition coefficient (Wildman–Crippen LogP) is 28.4. The van der Waals surface area contributed by atoms with Crippen molar-refractivity contribution in [3.63, 3.8) is 0 Å². The van der Waals surface area contributed by atoms with Crippen molar-refractivity contribution in [2.24, 2.45) is 0 Å². The van der Waals surface area contributed by atoms with Gasteiger partial charge in [-0.2, -0.15) is 0 Å². The summed E-state index contributed by atoms with van der Waals surface area (Å²) in [6.45, 7) is 0. The summed E-state index contributed by atoms with van der Waals surface area (Å²) in [5.41, 5.74) is 7.44. The summed E-state index contributed by atoms with van der Waals surface area (Å²) in [6, 6.07) is 96.5. The highest BCUT2D eigenvalue weighted by atomic mass is 79.9. The largest absolute Gasteiger partial charge is 0.355 e. The Morgan fingerprint density at radius 3 is 0.670 bits per heavy atom. The van der Waals surface area contributed by atoms with E-state index < -0.39 is 0 Å². The van der Waals surface area contributed by atoms with Crippen LogP contribution < -0.4 is 0 Å². The number of H-pyrrole nitrogens is 1. The molecule has 91 heavy (non-hydrogen) atoms. The van der Waals surface area contributed by atoms with Crippen molar-refractivity contribution in [3.05, 3.63) is 274 Å². The third kappa shape index (κ3) is 11.1. The molecule has 0 radical (unpaired) electrons. The SMILES string of the molecule is Brc1ccc(-c2ccc(-c3ccc(-c4ccc(-c5ccc(Br)s5)s4)s3)s2)s1.c1ccc2c(c1)[nH]c1ccccc12.c1ccc2c(c1)c1ccccc1n2-c1ccc(-c2ccc(-c3ccc(-c4ccc(-c5ccc(-n6c7ccccc7c7ccccc76)s5)s4)s3)s2)s1. The molecule has 0 fully saturated rings. The number of thiophene rings is 10. The summed E-state index contributed by atoms with van der Waals surface area (Å²) in [5, 5.41) is 10.3. The Kier molecular flexibility index (Phi) is 15.6. The summed E-state index contributed by atoms with van der Waals surface area (Å²) in [4.78, 5) is 24.5. The first-order valence-electron chi connectivity index (χ1n) is 29.1. The maximum atomic E-state index is 3.55. The molecule has 19 rings (SSSR count). The summed E-state index contributed by atoms with van der Waals surface area (Å²) in [7, 11) is 0. The smallest absolute Gasteiger partial charge is 0.101 e. The van der Waals surface area contributed by atoms with Crippen molar-refractivity contribution < 1.29 is 0 Å². The van der Waals surface area contributed by atoms with Gasteiger partial charge in [-0.3, -0.25) is 0 Å². The fourth-order valence-electron chi connectivity index (χ4n) is 11.8. The fraction of sp³-hybridized carbons (Fsp3) is 0. The van der Waals surface area contributed by atoms with Gasteiger partial charge in [0.05, 0.1) is 29.6 Å². The molecule has 3 nitrogen and oxygen atoms in total. The number of fused-ring (bicyclic) bond motifs is 9. The molecule has 13 aromatic heterocycles. The van der Waals surface area contributed by atoms with Gasteiger partial charge in [-0.25, -0.2) is 0 Å². The van der Waals surface area contributed by atoms with Gasteiger partial charge in [0.25, 0.3) is 0 Å². The van der Waals surface area contributed by atoms with Crippen LogP contribution in [-0.2, 0) is 0 Å². The standard InChI is InChI=1S/C44H26N2S5.C20H10Br2S5.C12H9N/c1-5-13-31-27(9-1)28-10-2-6-14-32(28)45(31)43-25-23-41(50-43)39-21-19-37(48-39)35-17-18-36(47-35)38-20-22-40(49-38)42-24-26-44(51-42)46-33-15-7-3-11-29(33)30-12-4-8-16-34(30)46;21-19-9-7-17(26-19)15-5-3-13(24-15)11-1-2-12(23-11)14-4-6-16(25-14)18-8-10-20(22)27-18;1-3-7-11-9(5-1)10-6-2-4-8-12(10)13-11/h1-26H;1-10H;1-8,13H. The van der Waals surface area contributed by atoms with Crippen LogP contribution >= 0.6 is 145 Å². The Labute approximate surface area is 580 Å². The molecule has 0 saturated heterocycles. The Balaban J connectivity index is 0.000000131. The van der Waals surface area contributed by atoms with Gasteiger partial charge < -0.3 is 14.1 Å². The molecule has 0 aliphatic heterocycles. The van der Waals surface area contributed by atoms with E-state index in [0.717, 1.165) is 0 Å². The molecule has 0 unspecified atom stereocenters. The minimum absolute atomic E-state index is 1.18. The maximum absolute atomic E-state index is 3.55. The molecule has 1 N–H and O–H groups in total. The third-order valence-electron chi connectivity index (χ3n) is 15.9. The van der Waals surface area contributed by atoms with E-state index in [1.807, 2.05) is 90.7 Å². The first kappa shape index (κ1) is 57.6. The van der Waals surface area contributed by atoms with Gasteiger partial charge in [0.2, 0.25) is 0 Å². The number of aromatic amines is 1. The van der Waals surface area contributed by atoms with Crippen LogP contribution in [0.4, 0.5) is 0 Å². The molecule has 0 spiro atoms. The van der Waals surface area contributed by atoms with Crippen LogP contribution in [0.5, 0.6) is 0 Å². The molecule has 6 aromatic carbocycles. The number of aromatic nitrogens is 3. The maximum Gasteiger partial charge on any atom is 0.101 e. The minimum Gasteiger partial charge on any atom is -0.355 e. The molecule has 0 amide bonds. The number of nitrogens with zero attached hydrogens (tertiary/aromatic N) is 2. The average molecular weight is 1480 g/mol. The van der Waals surface area contributed by atoms with E-state index in [0.29, 0.717) is 0 Å². The second-order valence-corrected chi connectivity index (χ2v) is 35.0. The number of halogens is 2. The fourth-order valence-corrected chi connectivity index (χ4v) is 23.4. The first-order valence-corrected chi connectivity index (χ1v) is 38.9. The first-order chi connectivity index (χ1) is 44.9. The number of nitrogens with one attached hydrogen (secondary N) is 1. The molecule has 0 bridgehead atoms. The lowest BCUT2D eigenvalue weighted by Gasteiger charge is -2.03. The molecule has 0 aliphatic rings. The summed E-state index contributed by atoms with van der Waals surface area (Å²) < 4.78 is 7.18. The van der Waals surface area contributed by atoms with E-state index in [9.17, 15) is 0 Å². The average Bonchev–Trinajstić information content (AvgIpc) is 1.68. The molecule has 19 aromatic rings. The van der Waals surface area contributed by atoms with Crippen LogP contribution in [0, 0.1) is 0 Å². The molecule has 15 heteroatoms. The summed E-state index contributed by atoms with van der Waals surface area (Å²) in [6.07, 6.45) is 0. The quantitative estimate of drug-likeness (QED) is 0.141. The van der Waals surface area contributed by atoms with Crippen LogP contribution in [0.3, 0.4) is 0 Å². The zero-order chi connectivity index (χ0) is 60.5. The van der Waals surface area contributed by atoms with Crippen LogP contribution in [0.15, 0.2) is 274 Å². The van der Waals surface area contributed by atoms with E-state index in [1.54, 1.807) is 22.7 Å². The van der Waals surface area contributed by atoms with Crippen molar-refractivity contribution in [2.75, 3.05) is 0 Å². The van der Waals surface area contributed by atoms with Gasteiger partial charge >= 0.3 is 0 Å². The Hall–Kier alpha value is -7.32. The van der Waals surface area contributed by atoms with Gasteiger partial charge in [-0.1, -0.05) is 109 Å². The van der Waals surface area contributed by atoms with Crippen LogP contribution in [0.25, 0.3) is 153 Å². The zero-order valence-corrected chi connectivity index (χ0v) is 59.0. The predicted molar refractivity (Wildman–Crippen MR) is 415 cm³/mol. The van der Waals surface area contributed by atoms with E-state index >= 15 is 0 Å². The lowest BCUT2D eigenvalue weighted by molar-refractivity contribution is 1.22. The van der Waals surface area contributed by atoms with E-state index in [-0.39, 0.29) is 0 Å². The highest BCUT2D eigenvalue weighted by Gasteiger charge is 2.19. The van der Waals surface area contributed by atoms with Crippen molar-refractivity contribution in [2.45, 2.75) is 0 Å². The zero-order valence-electron chi connectivity index (χ0n) is 47.6. The second-order valence-electron chi connectivity index (χ2n) is 21.4. The Morgan fingerprint density at radius 2 is 0.407 bits per heavy atom. The lowest BCUT2D eigenvalue weighted by atomic mass is 10.2. The monoisotopic (exact) mass is 1480 g/mol. The molecule has 0 saturated carbocycles. The minimum atomic E-state index is 1.18. The Bertz CT molecular complexity index is 5370. The van der Waals surface area contributed by atoms with Gasteiger partial charge in [-0.05, 0) is 190 Å². The van der Waals surface area contributed by atoms with E-state index in [2.05, 4.69) is 313 Å². The van der Waals surface area contributed by atoms with Gasteiger partial charge in [0.15, 0.2) is 0 Å². The number of benzene rings is 6. The van der Waals surface area contributed by atoms with E-state index in [4.69, 9.17) is 0 Å². The molecule has 0 aliphatic carbocycles. The number of rotatable bonds is 10.